The van der Waals surface area contributed by atoms with Gasteiger partial charge in [-0.15, -0.1) is 0 Å². The van der Waals surface area contributed by atoms with Crippen molar-refractivity contribution in [2.75, 3.05) is 0 Å². The second-order valence-electron chi connectivity index (χ2n) is 3.82. The van der Waals surface area contributed by atoms with Gasteiger partial charge in [-0.2, -0.15) is 0 Å². The Balaban J connectivity index is 2.48. The number of rotatable bonds is 3. The molecule has 5 heteroatoms. The summed E-state index contributed by atoms with van der Waals surface area (Å²) in [7, 11) is 0. The molecule has 18 heavy (non-hydrogen) atoms. The van der Waals surface area contributed by atoms with Crippen molar-refractivity contribution in [2.24, 2.45) is 5.84 Å². The van der Waals surface area contributed by atoms with Gasteiger partial charge in [-0.25, -0.2) is 14.2 Å². The number of hydrazine groups is 1. The first-order valence-electron chi connectivity index (χ1n) is 5.28. The van der Waals surface area contributed by atoms with Crippen LogP contribution in [0.25, 0.3) is 0 Å². The molecule has 0 amide bonds. The van der Waals surface area contributed by atoms with Crippen molar-refractivity contribution in [3.05, 3.63) is 68.8 Å². The lowest BCUT2D eigenvalue weighted by atomic mass is 9.99. The van der Waals surface area contributed by atoms with Gasteiger partial charge in [-0.3, -0.25) is 5.84 Å². The largest absolute Gasteiger partial charge is 0.271 e. The van der Waals surface area contributed by atoms with E-state index in [4.69, 9.17) is 5.84 Å². The highest BCUT2D eigenvalue weighted by molar-refractivity contribution is 14.1. The average molecular weight is 360 g/mol. The van der Waals surface area contributed by atoms with Crippen LogP contribution in [0.3, 0.4) is 0 Å². The van der Waals surface area contributed by atoms with E-state index < -0.39 is 17.7 Å². The van der Waals surface area contributed by atoms with Crippen LogP contribution in [0.15, 0.2) is 42.5 Å². The van der Waals surface area contributed by atoms with Gasteiger partial charge in [0.1, 0.15) is 11.6 Å². The molecule has 94 valence electrons. The van der Waals surface area contributed by atoms with Crippen LogP contribution in [0.2, 0.25) is 0 Å². The molecule has 0 bridgehead atoms. The molecule has 2 aromatic carbocycles. The van der Waals surface area contributed by atoms with Crippen LogP contribution in [0.4, 0.5) is 8.78 Å². The third-order valence-corrected chi connectivity index (χ3v) is 3.58. The summed E-state index contributed by atoms with van der Waals surface area (Å²) in [4.78, 5) is 0. The number of hydrogen-bond acceptors (Lipinski definition) is 2. The van der Waals surface area contributed by atoms with Crippen molar-refractivity contribution in [3.8, 4) is 0 Å². The summed E-state index contributed by atoms with van der Waals surface area (Å²) in [6.45, 7) is 0. The van der Waals surface area contributed by atoms with Gasteiger partial charge in [0.15, 0.2) is 0 Å². The lowest BCUT2D eigenvalue weighted by Gasteiger charge is -2.18. The lowest BCUT2D eigenvalue weighted by molar-refractivity contribution is 0.565. The van der Waals surface area contributed by atoms with Crippen molar-refractivity contribution in [1.82, 2.24) is 5.43 Å². The van der Waals surface area contributed by atoms with Gasteiger partial charge in [0, 0.05) is 9.64 Å². The van der Waals surface area contributed by atoms with Crippen molar-refractivity contribution >= 4 is 22.6 Å². The summed E-state index contributed by atoms with van der Waals surface area (Å²) in [5, 5.41) is 0. The van der Waals surface area contributed by atoms with Crippen molar-refractivity contribution < 1.29 is 8.78 Å². The first-order valence-corrected chi connectivity index (χ1v) is 6.36. The Kier molecular flexibility index (Phi) is 4.26. The molecule has 0 aliphatic rings. The Bertz CT molecular complexity index is 540. The van der Waals surface area contributed by atoms with Gasteiger partial charge >= 0.3 is 0 Å². The topological polar surface area (TPSA) is 38.0 Å². The molecule has 3 N–H and O–H groups in total. The van der Waals surface area contributed by atoms with Crippen LogP contribution < -0.4 is 11.3 Å². The Morgan fingerprint density at radius 2 is 1.67 bits per heavy atom. The number of hydrogen-bond donors (Lipinski definition) is 2. The molecule has 2 nitrogen and oxygen atoms in total. The number of nitrogens with two attached hydrogens (primary N) is 1. The first kappa shape index (κ1) is 13.4. The van der Waals surface area contributed by atoms with E-state index in [0.29, 0.717) is 5.56 Å². The molecule has 2 rings (SSSR count). The number of nitrogens with one attached hydrogen (secondary N) is 1. The van der Waals surface area contributed by atoms with Crippen LogP contribution in [0, 0.1) is 15.2 Å². The standard InChI is InChI=1S/C13H11F2IN2/c14-9-5-8(6-10(15)7-9)13(18-17)11-3-1-2-4-12(11)16/h1-7,13,18H,17H2. The van der Waals surface area contributed by atoms with E-state index >= 15 is 0 Å². The highest BCUT2D eigenvalue weighted by Gasteiger charge is 2.16. The molecular formula is C13H11F2IN2. The summed E-state index contributed by atoms with van der Waals surface area (Å²) < 4.78 is 27.4. The minimum absolute atomic E-state index is 0.441. The maximum atomic E-state index is 13.2. The zero-order valence-corrected chi connectivity index (χ0v) is 11.5. The second kappa shape index (κ2) is 5.73. The molecule has 0 aliphatic heterocycles. The van der Waals surface area contributed by atoms with Crippen LogP contribution in [0.5, 0.6) is 0 Å². The van der Waals surface area contributed by atoms with Gasteiger partial charge in [0.05, 0.1) is 6.04 Å². The Morgan fingerprint density at radius 3 is 2.22 bits per heavy atom. The van der Waals surface area contributed by atoms with Crippen molar-refractivity contribution in [2.45, 2.75) is 6.04 Å². The van der Waals surface area contributed by atoms with Crippen LogP contribution >= 0.6 is 22.6 Å². The zero-order chi connectivity index (χ0) is 13.1. The summed E-state index contributed by atoms with van der Waals surface area (Å²) in [5.74, 6) is 4.28. The molecule has 0 radical (unpaired) electrons. The Morgan fingerprint density at radius 1 is 1.06 bits per heavy atom. The zero-order valence-electron chi connectivity index (χ0n) is 9.33. The Hall–Kier alpha value is -1.05. The minimum Gasteiger partial charge on any atom is -0.271 e. The summed E-state index contributed by atoms with van der Waals surface area (Å²) in [6, 6.07) is 10.5. The molecular weight excluding hydrogens is 349 g/mol. The second-order valence-corrected chi connectivity index (χ2v) is 4.99. The van der Waals surface area contributed by atoms with E-state index in [-0.39, 0.29) is 0 Å². The molecule has 0 aromatic heterocycles. The van der Waals surface area contributed by atoms with E-state index in [1.807, 2.05) is 24.3 Å². The normalized spacial score (nSPS) is 12.4. The fraction of sp³-hybridized carbons (Fsp3) is 0.0769. The molecule has 0 aliphatic carbocycles. The van der Waals surface area contributed by atoms with Gasteiger partial charge < -0.3 is 0 Å². The molecule has 0 fully saturated rings. The van der Waals surface area contributed by atoms with Crippen LogP contribution in [-0.2, 0) is 0 Å². The fourth-order valence-corrected chi connectivity index (χ4v) is 2.52. The highest BCUT2D eigenvalue weighted by Crippen LogP contribution is 2.26. The maximum Gasteiger partial charge on any atom is 0.126 e. The molecule has 1 unspecified atom stereocenters. The molecule has 0 saturated heterocycles. The number of benzene rings is 2. The van der Waals surface area contributed by atoms with E-state index in [1.54, 1.807) is 0 Å². The van der Waals surface area contributed by atoms with E-state index in [9.17, 15) is 8.78 Å². The third-order valence-electron chi connectivity index (χ3n) is 2.60. The first-order chi connectivity index (χ1) is 8.61. The third kappa shape index (κ3) is 2.85. The Labute approximate surface area is 117 Å². The van der Waals surface area contributed by atoms with Crippen molar-refractivity contribution in [3.63, 3.8) is 0 Å². The molecule has 2 aromatic rings. The van der Waals surface area contributed by atoms with E-state index in [1.165, 1.54) is 12.1 Å². The highest BCUT2D eigenvalue weighted by atomic mass is 127. The average Bonchev–Trinajstić information content (AvgIpc) is 2.31. The SMILES string of the molecule is NNC(c1cc(F)cc(F)c1)c1ccccc1I. The molecule has 0 spiro atoms. The molecule has 0 heterocycles. The monoisotopic (exact) mass is 360 g/mol. The number of halogens is 3. The summed E-state index contributed by atoms with van der Waals surface area (Å²) in [5.41, 5.74) is 3.93. The summed E-state index contributed by atoms with van der Waals surface area (Å²) in [6.07, 6.45) is 0. The predicted octanol–water partition coefficient (Wildman–Crippen LogP) is 3.12. The lowest BCUT2D eigenvalue weighted by Crippen LogP contribution is -2.29. The van der Waals surface area contributed by atoms with Gasteiger partial charge in [0.25, 0.3) is 0 Å². The molecule has 0 saturated carbocycles. The molecule has 1 atom stereocenters. The van der Waals surface area contributed by atoms with E-state index in [0.717, 1.165) is 15.2 Å². The van der Waals surface area contributed by atoms with Gasteiger partial charge in [-0.1, -0.05) is 18.2 Å². The quantitative estimate of drug-likeness (QED) is 0.502. The van der Waals surface area contributed by atoms with Crippen LogP contribution in [0.1, 0.15) is 17.2 Å². The fourth-order valence-electron chi connectivity index (χ4n) is 1.82. The maximum absolute atomic E-state index is 13.2. The predicted molar refractivity (Wildman–Crippen MR) is 74.7 cm³/mol. The van der Waals surface area contributed by atoms with Crippen molar-refractivity contribution in [1.29, 1.82) is 0 Å². The van der Waals surface area contributed by atoms with Gasteiger partial charge in [0.2, 0.25) is 0 Å². The van der Waals surface area contributed by atoms with Crippen LogP contribution in [-0.4, -0.2) is 0 Å². The van der Waals surface area contributed by atoms with Gasteiger partial charge in [-0.05, 0) is 51.9 Å². The summed E-state index contributed by atoms with van der Waals surface area (Å²) >= 11 is 2.16. The van der Waals surface area contributed by atoms with E-state index in [2.05, 4.69) is 28.0 Å². The minimum atomic E-state index is -0.615. The smallest absolute Gasteiger partial charge is 0.126 e.